The molecule has 32 heavy (non-hydrogen) atoms. The SMILES string of the molecule is CC(C)[C@@H](COC(=O)Nc1cc2ccccc2cn1)N(C)C(=O)NCc1ccccc1Cl. The van der Waals surface area contributed by atoms with E-state index in [1.807, 2.05) is 56.3 Å². The smallest absolute Gasteiger partial charge is 0.412 e. The van der Waals surface area contributed by atoms with Gasteiger partial charge in [0.25, 0.3) is 0 Å². The second-order valence-corrected chi connectivity index (χ2v) is 8.22. The molecule has 1 atom stereocenters. The number of carbonyl (C=O) groups is 2. The lowest BCUT2D eigenvalue weighted by atomic mass is 10.0. The molecule has 0 unspecified atom stereocenters. The lowest BCUT2D eigenvalue weighted by Gasteiger charge is -2.31. The number of ether oxygens (including phenoxy) is 1. The number of hydrogen-bond donors (Lipinski definition) is 2. The first-order valence-corrected chi connectivity index (χ1v) is 10.8. The number of likely N-dealkylation sites (N-methyl/N-ethyl adjacent to an activating group) is 1. The molecule has 2 aromatic carbocycles. The Morgan fingerprint density at radius 1 is 1.09 bits per heavy atom. The molecule has 1 aromatic heterocycles. The molecule has 0 fully saturated rings. The van der Waals surface area contributed by atoms with E-state index in [9.17, 15) is 9.59 Å². The number of aromatic nitrogens is 1. The van der Waals surface area contributed by atoms with Crippen molar-refractivity contribution in [3.05, 3.63) is 71.4 Å². The van der Waals surface area contributed by atoms with Crippen molar-refractivity contribution in [2.45, 2.75) is 26.4 Å². The van der Waals surface area contributed by atoms with Crippen LogP contribution in [0.15, 0.2) is 60.8 Å². The monoisotopic (exact) mass is 454 g/mol. The minimum absolute atomic E-state index is 0.0487. The normalized spacial score (nSPS) is 11.8. The Kier molecular flexibility index (Phi) is 7.89. The second kappa shape index (κ2) is 10.8. The van der Waals surface area contributed by atoms with E-state index >= 15 is 0 Å². The molecule has 3 rings (SSSR count). The lowest BCUT2D eigenvalue weighted by Crippen LogP contribution is -2.48. The first-order valence-electron chi connectivity index (χ1n) is 10.4. The molecule has 0 radical (unpaired) electrons. The first kappa shape index (κ1) is 23.3. The number of nitrogens with zero attached hydrogens (tertiary/aromatic N) is 2. The average Bonchev–Trinajstić information content (AvgIpc) is 2.78. The van der Waals surface area contributed by atoms with Crippen LogP contribution in [-0.2, 0) is 11.3 Å². The minimum Gasteiger partial charge on any atom is -0.447 e. The van der Waals surface area contributed by atoms with Gasteiger partial charge >= 0.3 is 12.1 Å². The molecule has 3 amide bonds. The molecule has 7 nitrogen and oxygen atoms in total. The quantitative estimate of drug-likeness (QED) is 0.507. The van der Waals surface area contributed by atoms with Gasteiger partial charge in [0.05, 0.1) is 6.04 Å². The van der Waals surface area contributed by atoms with Gasteiger partial charge in [0, 0.05) is 30.2 Å². The summed E-state index contributed by atoms with van der Waals surface area (Å²) in [4.78, 5) is 30.7. The van der Waals surface area contributed by atoms with Crippen molar-refractivity contribution in [3.8, 4) is 0 Å². The van der Waals surface area contributed by atoms with Crippen molar-refractivity contribution in [2.75, 3.05) is 19.0 Å². The van der Waals surface area contributed by atoms with E-state index in [-0.39, 0.29) is 24.6 Å². The third-order valence-electron chi connectivity index (χ3n) is 5.22. The molecule has 3 aromatic rings. The summed E-state index contributed by atoms with van der Waals surface area (Å²) in [6, 6.07) is 16.3. The summed E-state index contributed by atoms with van der Waals surface area (Å²) in [5.41, 5.74) is 0.829. The number of benzene rings is 2. The topological polar surface area (TPSA) is 83.6 Å². The molecular weight excluding hydrogens is 428 g/mol. The van der Waals surface area contributed by atoms with Gasteiger partial charge < -0.3 is 15.0 Å². The van der Waals surface area contributed by atoms with Crippen LogP contribution in [0.4, 0.5) is 15.4 Å². The van der Waals surface area contributed by atoms with Gasteiger partial charge in [0.2, 0.25) is 0 Å². The molecule has 168 valence electrons. The summed E-state index contributed by atoms with van der Waals surface area (Å²) in [7, 11) is 1.68. The average molecular weight is 455 g/mol. The molecular formula is C24H27ClN4O3. The van der Waals surface area contributed by atoms with Crippen LogP contribution >= 0.6 is 11.6 Å². The molecule has 2 N–H and O–H groups in total. The summed E-state index contributed by atoms with van der Waals surface area (Å²) >= 11 is 6.15. The molecule has 0 aliphatic carbocycles. The van der Waals surface area contributed by atoms with E-state index in [0.717, 1.165) is 16.3 Å². The van der Waals surface area contributed by atoms with Gasteiger partial charge in [-0.3, -0.25) is 5.32 Å². The van der Waals surface area contributed by atoms with Crippen LogP contribution < -0.4 is 10.6 Å². The number of carbonyl (C=O) groups excluding carboxylic acids is 2. The zero-order chi connectivity index (χ0) is 23.1. The van der Waals surface area contributed by atoms with E-state index in [0.29, 0.717) is 17.4 Å². The number of urea groups is 1. The van der Waals surface area contributed by atoms with Crippen molar-refractivity contribution in [3.63, 3.8) is 0 Å². The molecule has 0 aliphatic heterocycles. The Morgan fingerprint density at radius 3 is 2.50 bits per heavy atom. The van der Waals surface area contributed by atoms with Gasteiger partial charge in [0.15, 0.2) is 0 Å². The first-order chi connectivity index (χ1) is 15.3. The standard InChI is InChI=1S/C24H27ClN4O3/c1-16(2)21(29(3)23(30)27-14-19-10-6-7-11-20(19)25)15-32-24(31)28-22-12-17-8-4-5-9-18(17)13-26-22/h4-13,16,21H,14-15H2,1-3H3,(H,27,30)(H,26,28,31)/t21-/m1/s1. The Hall–Kier alpha value is -3.32. The Morgan fingerprint density at radius 2 is 1.78 bits per heavy atom. The van der Waals surface area contributed by atoms with Crippen LogP contribution in [0.25, 0.3) is 10.8 Å². The van der Waals surface area contributed by atoms with Crippen LogP contribution in [0.1, 0.15) is 19.4 Å². The number of fused-ring (bicyclic) bond motifs is 1. The van der Waals surface area contributed by atoms with E-state index < -0.39 is 6.09 Å². The van der Waals surface area contributed by atoms with E-state index in [1.165, 1.54) is 0 Å². The summed E-state index contributed by atoms with van der Waals surface area (Å²) < 4.78 is 5.40. The zero-order valence-electron chi connectivity index (χ0n) is 18.3. The van der Waals surface area contributed by atoms with Crippen molar-refractivity contribution in [2.24, 2.45) is 5.92 Å². The van der Waals surface area contributed by atoms with E-state index in [2.05, 4.69) is 15.6 Å². The van der Waals surface area contributed by atoms with Gasteiger partial charge in [-0.05, 0) is 29.0 Å². The molecule has 0 saturated heterocycles. The van der Waals surface area contributed by atoms with Crippen LogP contribution in [0.2, 0.25) is 5.02 Å². The molecule has 1 heterocycles. The maximum Gasteiger partial charge on any atom is 0.412 e. The maximum absolute atomic E-state index is 12.6. The van der Waals surface area contributed by atoms with Crippen LogP contribution in [0.5, 0.6) is 0 Å². The fourth-order valence-electron chi connectivity index (χ4n) is 3.29. The van der Waals surface area contributed by atoms with E-state index in [4.69, 9.17) is 16.3 Å². The summed E-state index contributed by atoms with van der Waals surface area (Å²) in [5.74, 6) is 0.471. The maximum atomic E-state index is 12.6. The predicted octanol–water partition coefficient (Wildman–Crippen LogP) is 5.30. The Labute approximate surface area is 192 Å². The van der Waals surface area contributed by atoms with Crippen molar-refractivity contribution < 1.29 is 14.3 Å². The summed E-state index contributed by atoms with van der Waals surface area (Å²) in [6.45, 7) is 4.29. The molecule has 8 heteroatoms. The number of anilines is 1. The lowest BCUT2D eigenvalue weighted by molar-refractivity contribution is 0.0994. The third kappa shape index (κ3) is 6.11. The highest BCUT2D eigenvalue weighted by Gasteiger charge is 2.25. The predicted molar refractivity (Wildman–Crippen MR) is 127 cm³/mol. The van der Waals surface area contributed by atoms with Crippen LogP contribution in [0.3, 0.4) is 0 Å². The highest BCUT2D eigenvalue weighted by Crippen LogP contribution is 2.17. The molecule has 0 spiro atoms. The number of hydrogen-bond acceptors (Lipinski definition) is 4. The highest BCUT2D eigenvalue weighted by molar-refractivity contribution is 6.31. The molecule has 0 aliphatic rings. The largest absolute Gasteiger partial charge is 0.447 e. The van der Waals surface area contributed by atoms with E-state index in [1.54, 1.807) is 30.3 Å². The number of rotatable bonds is 7. The highest BCUT2D eigenvalue weighted by atomic mass is 35.5. The molecule has 0 saturated carbocycles. The Bertz CT molecular complexity index is 1090. The van der Waals surface area contributed by atoms with Crippen LogP contribution in [-0.4, -0.2) is 41.7 Å². The fourth-order valence-corrected chi connectivity index (χ4v) is 3.50. The van der Waals surface area contributed by atoms with Gasteiger partial charge in [0.1, 0.15) is 12.4 Å². The summed E-state index contributed by atoms with van der Waals surface area (Å²) in [6.07, 6.45) is 1.07. The third-order valence-corrected chi connectivity index (χ3v) is 5.59. The minimum atomic E-state index is -0.622. The van der Waals surface area contributed by atoms with Gasteiger partial charge in [-0.25, -0.2) is 14.6 Å². The number of nitrogens with one attached hydrogen (secondary N) is 2. The number of halogens is 1. The number of amides is 3. The summed E-state index contributed by atoms with van der Waals surface area (Å²) in [5, 5.41) is 8.04. The fraction of sp³-hybridized carbons (Fsp3) is 0.292. The van der Waals surface area contributed by atoms with Crippen LogP contribution in [0, 0.1) is 5.92 Å². The number of pyridine rings is 1. The second-order valence-electron chi connectivity index (χ2n) is 7.81. The zero-order valence-corrected chi connectivity index (χ0v) is 19.1. The van der Waals surface area contributed by atoms with Crippen molar-refractivity contribution >= 4 is 40.3 Å². The molecule has 0 bridgehead atoms. The van der Waals surface area contributed by atoms with Gasteiger partial charge in [-0.1, -0.05) is 67.9 Å². The van der Waals surface area contributed by atoms with Gasteiger partial charge in [-0.15, -0.1) is 0 Å². The van der Waals surface area contributed by atoms with Crippen molar-refractivity contribution in [1.29, 1.82) is 0 Å². The van der Waals surface area contributed by atoms with Gasteiger partial charge in [-0.2, -0.15) is 0 Å². The van der Waals surface area contributed by atoms with Crippen molar-refractivity contribution in [1.82, 2.24) is 15.2 Å². The Balaban J connectivity index is 1.54.